The van der Waals surface area contributed by atoms with E-state index in [4.69, 9.17) is 11.6 Å². The highest BCUT2D eigenvalue weighted by atomic mass is 79.9. The summed E-state index contributed by atoms with van der Waals surface area (Å²) in [5, 5.41) is 33.3. The summed E-state index contributed by atoms with van der Waals surface area (Å²) >= 11 is 10.4. The number of carbonyl (C=O) groups is 1. The van der Waals surface area contributed by atoms with Crippen LogP contribution in [0.25, 0.3) is 17.1 Å². The Morgan fingerprint density at radius 2 is 1.94 bits per heavy atom. The average Bonchev–Trinajstić information content (AvgIpc) is 3.23. The monoisotopic (exact) mass is 587 g/mol. The Balaban J connectivity index is 1.65. The number of hydrogen-bond acceptors (Lipinski definition) is 7. The summed E-state index contributed by atoms with van der Waals surface area (Å²) in [7, 11) is 0. The maximum absolute atomic E-state index is 12.6. The molecule has 36 heavy (non-hydrogen) atoms. The standard InChI is InChI=1S/C24H19BrClN5O4S/c1-13-3-7-19(14(2)9-13)30-23(17-10-15(25)4-8-21(17)32)28-29-24(30)36-12-22(33)27-16-5-6-18(26)20(11-16)31(34)35/h3-11,32H,12H2,1-2H3,(H,27,33). The van der Waals surface area contributed by atoms with Gasteiger partial charge in [0.2, 0.25) is 5.91 Å². The number of benzene rings is 3. The number of halogens is 2. The van der Waals surface area contributed by atoms with Gasteiger partial charge in [-0.25, -0.2) is 0 Å². The van der Waals surface area contributed by atoms with Gasteiger partial charge < -0.3 is 10.4 Å². The van der Waals surface area contributed by atoms with Crippen molar-refractivity contribution in [3.8, 4) is 22.8 Å². The van der Waals surface area contributed by atoms with Gasteiger partial charge in [0.25, 0.3) is 5.69 Å². The molecular weight excluding hydrogens is 570 g/mol. The van der Waals surface area contributed by atoms with E-state index in [-0.39, 0.29) is 27.9 Å². The highest BCUT2D eigenvalue weighted by Gasteiger charge is 2.21. The molecule has 2 N–H and O–H groups in total. The number of aromatic hydroxyl groups is 1. The van der Waals surface area contributed by atoms with Crippen LogP contribution in [0.3, 0.4) is 0 Å². The van der Waals surface area contributed by atoms with Crippen molar-refractivity contribution in [3.63, 3.8) is 0 Å². The second-order valence-corrected chi connectivity index (χ2v) is 10.1. The highest BCUT2D eigenvalue weighted by Crippen LogP contribution is 2.35. The first-order valence-electron chi connectivity index (χ1n) is 10.5. The third kappa shape index (κ3) is 5.53. The minimum absolute atomic E-state index is 0.0164. The molecule has 0 saturated carbocycles. The molecule has 184 valence electrons. The summed E-state index contributed by atoms with van der Waals surface area (Å²) in [6.45, 7) is 3.95. The van der Waals surface area contributed by atoms with E-state index in [9.17, 15) is 20.0 Å². The van der Waals surface area contributed by atoms with E-state index in [0.29, 0.717) is 16.5 Å². The number of aromatic nitrogens is 3. The third-order valence-corrected chi connectivity index (χ3v) is 6.93. The van der Waals surface area contributed by atoms with Crippen LogP contribution in [0.15, 0.2) is 64.2 Å². The number of nitro benzene ring substituents is 1. The lowest BCUT2D eigenvalue weighted by Gasteiger charge is -2.14. The van der Waals surface area contributed by atoms with Gasteiger partial charge in [-0.3, -0.25) is 19.5 Å². The molecule has 4 rings (SSSR count). The van der Waals surface area contributed by atoms with Gasteiger partial charge in [-0.05, 0) is 55.8 Å². The van der Waals surface area contributed by atoms with Gasteiger partial charge in [0.15, 0.2) is 11.0 Å². The van der Waals surface area contributed by atoms with Crippen molar-refractivity contribution in [1.82, 2.24) is 14.8 Å². The Kier molecular flexibility index (Phi) is 7.62. The zero-order valence-electron chi connectivity index (χ0n) is 19.0. The number of nitrogens with one attached hydrogen (secondary N) is 1. The first-order valence-corrected chi connectivity index (χ1v) is 12.7. The lowest BCUT2D eigenvalue weighted by atomic mass is 10.1. The van der Waals surface area contributed by atoms with E-state index in [1.54, 1.807) is 22.8 Å². The number of anilines is 1. The molecule has 4 aromatic rings. The maximum Gasteiger partial charge on any atom is 0.289 e. The first kappa shape index (κ1) is 25.7. The van der Waals surface area contributed by atoms with E-state index in [1.165, 1.54) is 18.2 Å². The van der Waals surface area contributed by atoms with Crippen molar-refractivity contribution in [2.24, 2.45) is 0 Å². The van der Waals surface area contributed by atoms with Crippen LogP contribution in [0.5, 0.6) is 5.75 Å². The Bertz CT molecular complexity index is 1490. The molecule has 9 nitrogen and oxygen atoms in total. The van der Waals surface area contributed by atoms with Crippen molar-refractivity contribution < 1.29 is 14.8 Å². The molecule has 1 amide bonds. The van der Waals surface area contributed by atoms with Crippen molar-refractivity contribution >= 4 is 56.6 Å². The molecule has 1 heterocycles. The minimum atomic E-state index is -0.613. The van der Waals surface area contributed by atoms with Crippen molar-refractivity contribution in [3.05, 3.63) is 85.3 Å². The van der Waals surface area contributed by atoms with Crippen LogP contribution < -0.4 is 5.32 Å². The number of rotatable bonds is 7. The molecule has 0 unspecified atom stereocenters. The van der Waals surface area contributed by atoms with Crippen molar-refractivity contribution in [2.75, 3.05) is 11.1 Å². The van der Waals surface area contributed by atoms with Gasteiger partial charge in [-0.2, -0.15) is 0 Å². The summed E-state index contributed by atoms with van der Waals surface area (Å²) in [4.78, 5) is 23.2. The molecule has 1 aromatic heterocycles. The number of nitro groups is 1. The Hall–Kier alpha value is -3.41. The smallest absolute Gasteiger partial charge is 0.289 e. The molecule has 0 radical (unpaired) electrons. The van der Waals surface area contributed by atoms with E-state index in [0.717, 1.165) is 33.0 Å². The van der Waals surface area contributed by atoms with E-state index in [2.05, 4.69) is 31.4 Å². The number of thioether (sulfide) groups is 1. The Labute approximate surface area is 223 Å². The summed E-state index contributed by atoms with van der Waals surface area (Å²) < 4.78 is 2.55. The minimum Gasteiger partial charge on any atom is -0.507 e. The van der Waals surface area contributed by atoms with Crippen LogP contribution in [-0.4, -0.2) is 36.5 Å². The van der Waals surface area contributed by atoms with E-state index in [1.807, 2.05) is 32.0 Å². The number of aryl methyl sites for hydroxylation is 2. The topological polar surface area (TPSA) is 123 Å². The normalized spacial score (nSPS) is 10.9. The Morgan fingerprint density at radius 1 is 1.17 bits per heavy atom. The SMILES string of the molecule is Cc1ccc(-n2c(SCC(=O)Nc3ccc(Cl)c([N+](=O)[O-])c3)nnc2-c2cc(Br)ccc2O)c(C)c1. The third-order valence-electron chi connectivity index (χ3n) is 5.19. The fraction of sp³-hybridized carbons (Fsp3) is 0.125. The van der Waals surface area contributed by atoms with Crippen molar-refractivity contribution in [2.45, 2.75) is 19.0 Å². The van der Waals surface area contributed by atoms with Crippen LogP contribution in [0, 0.1) is 24.0 Å². The van der Waals surface area contributed by atoms with Gasteiger partial charge in [-0.1, -0.05) is 57.0 Å². The number of phenols is 1. The zero-order valence-corrected chi connectivity index (χ0v) is 22.2. The second kappa shape index (κ2) is 10.7. The molecule has 0 aliphatic heterocycles. The van der Waals surface area contributed by atoms with Gasteiger partial charge in [0, 0.05) is 16.2 Å². The van der Waals surface area contributed by atoms with Gasteiger partial charge in [0.05, 0.1) is 21.9 Å². The van der Waals surface area contributed by atoms with Crippen LogP contribution in [0.2, 0.25) is 5.02 Å². The Morgan fingerprint density at radius 3 is 2.67 bits per heavy atom. The first-order chi connectivity index (χ1) is 17.1. The lowest BCUT2D eigenvalue weighted by Crippen LogP contribution is -2.15. The summed E-state index contributed by atoms with van der Waals surface area (Å²) in [6, 6.07) is 15.0. The molecule has 0 aliphatic rings. The van der Waals surface area contributed by atoms with Crippen LogP contribution >= 0.6 is 39.3 Å². The number of phenolic OH excluding ortho intramolecular Hbond substituents is 1. The molecule has 0 spiro atoms. The molecule has 0 aliphatic carbocycles. The van der Waals surface area contributed by atoms with Gasteiger partial charge >= 0.3 is 0 Å². The second-order valence-electron chi connectivity index (χ2n) is 7.85. The number of hydrogen-bond donors (Lipinski definition) is 2. The fourth-order valence-electron chi connectivity index (χ4n) is 3.56. The quantitative estimate of drug-likeness (QED) is 0.147. The van der Waals surface area contributed by atoms with Gasteiger partial charge in [0.1, 0.15) is 10.8 Å². The predicted octanol–water partition coefficient (Wildman–Crippen LogP) is 6.31. The van der Waals surface area contributed by atoms with Crippen LogP contribution in [0.1, 0.15) is 11.1 Å². The average molecular weight is 589 g/mol. The number of amides is 1. The molecular formula is C24H19BrClN5O4S. The predicted molar refractivity (Wildman–Crippen MR) is 143 cm³/mol. The van der Waals surface area contributed by atoms with Crippen LogP contribution in [0.4, 0.5) is 11.4 Å². The molecule has 3 aromatic carbocycles. The van der Waals surface area contributed by atoms with Gasteiger partial charge in [-0.15, -0.1) is 10.2 Å². The number of nitrogens with zero attached hydrogens (tertiary/aromatic N) is 4. The summed E-state index contributed by atoms with van der Waals surface area (Å²) in [5.41, 5.74) is 3.28. The van der Waals surface area contributed by atoms with E-state index >= 15 is 0 Å². The highest BCUT2D eigenvalue weighted by molar-refractivity contribution is 9.10. The molecule has 0 saturated heterocycles. The maximum atomic E-state index is 12.6. The number of carbonyl (C=O) groups excluding carboxylic acids is 1. The van der Waals surface area contributed by atoms with Crippen molar-refractivity contribution in [1.29, 1.82) is 0 Å². The zero-order chi connectivity index (χ0) is 26.0. The van der Waals surface area contributed by atoms with E-state index < -0.39 is 10.8 Å². The molecule has 0 fully saturated rings. The molecule has 0 atom stereocenters. The fourth-order valence-corrected chi connectivity index (χ4v) is 4.85. The largest absolute Gasteiger partial charge is 0.507 e. The lowest BCUT2D eigenvalue weighted by molar-refractivity contribution is -0.384. The molecule has 12 heteroatoms. The summed E-state index contributed by atoms with van der Waals surface area (Å²) in [6.07, 6.45) is 0. The molecule has 0 bridgehead atoms. The summed E-state index contributed by atoms with van der Waals surface area (Å²) in [5.74, 6) is 0.0232. The van der Waals surface area contributed by atoms with Crippen LogP contribution in [-0.2, 0) is 4.79 Å².